The molecule has 0 bridgehead atoms. The molecular weight excluding hydrogens is 362 g/mol. The number of ether oxygens (including phenoxy) is 1. The Morgan fingerprint density at radius 1 is 1.26 bits per heavy atom. The summed E-state index contributed by atoms with van der Waals surface area (Å²) in [7, 11) is 0. The van der Waals surface area contributed by atoms with Gasteiger partial charge in [-0.15, -0.1) is 0 Å². The van der Waals surface area contributed by atoms with Crippen LogP contribution in [-0.2, 0) is 0 Å². The largest absolute Gasteiger partial charge is 0.410 e. The fraction of sp³-hybridized carbons (Fsp3) is 0. The number of hydrogen-bond acceptors (Lipinski definition) is 5. The Kier molecular flexibility index (Phi) is 3.98. The third-order valence-electron chi connectivity index (χ3n) is 3.09. The van der Waals surface area contributed by atoms with Crippen LogP contribution in [0.2, 0.25) is 0 Å². The number of nitrogens with zero attached hydrogens (tertiary/aromatic N) is 2. The number of nitrogen functional groups attached to an aromatic ring is 1. The Bertz CT molecular complexity index is 878. The maximum absolute atomic E-state index is 11.2. The fourth-order valence-corrected chi connectivity index (χ4v) is 2.63. The predicted octanol–water partition coefficient (Wildman–Crippen LogP) is 2.94. The monoisotopic (exact) mass is 373 g/mol. The molecular formula is C15H12BrN5O2. The number of halogens is 1. The van der Waals surface area contributed by atoms with Crippen LogP contribution in [0.5, 0.6) is 5.75 Å². The van der Waals surface area contributed by atoms with Crippen LogP contribution in [0.3, 0.4) is 0 Å². The van der Waals surface area contributed by atoms with Crippen molar-refractivity contribution < 1.29 is 9.53 Å². The number of rotatable bonds is 3. The summed E-state index contributed by atoms with van der Waals surface area (Å²) < 4.78 is 5.94. The molecule has 116 valence electrons. The number of amides is 1. The molecule has 8 heteroatoms. The Hall–Kier alpha value is -2.87. The van der Waals surface area contributed by atoms with Gasteiger partial charge in [-0.3, -0.25) is 0 Å². The van der Waals surface area contributed by atoms with Gasteiger partial charge in [0.2, 0.25) is 5.95 Å². The van der Waals surface area contributed by atoms with Gasteiger partial charge in [0.25, 0.3) is 0 Å². The van der Waals surface area contributed by atoms with E-state index < -0.39 is 6.09 Å². The Balaban J connectivity index is 2.15. The first-order chi connectivity index (χ1) is 11.0. The zero-order valence-electron chi connectivity index (χ0n) is 11.8. The molecule has 0 aliphatic carbocycles. The van der Waals surface area contributed by atoms with E-state index in [4.69, 9.17) is 16.2 Å². The lowest BCUT2D eigenvalue weighted by molar-refractivity contribution is 0.211. The summed E-state index contributed by atoms with van der Waals surface area (Å²) in [6.45, 7) is 0. The molecule has 0 atom stereocenters. The first-order valence-corrected chi connectivity index (χ1v) is 7.38. The number of anilines is 1. The van der Waals surface area contributed by atoms with Gasteiger partial charge >= 0.3 is 6.09 Å². The zero-order chi connectivity index (χ0) is 16.4. The second kappa shape index (κ2) is 6.09. The molecule has 0 radical (unpaired) electrons. The maximum atomic E-state index is 11.2. The zero-order valence-corrected chi connectivity index (χ0v) is 13.4. The third-order valence-corrected chi connectivity index (χ3v) is 3.78. The number of H-pyrrole nitrogens is 1. The van der Waals surface area contributed by atoms with Crippen LogP contribution in [0.25, 0.3) is 22.6 Å². The smallest absolute Gasteiger partial charge is 0.408 e. The van der Waals surface area contributed by atoms with E-state index in [-0.39, 0.29) is 5.95 Å². The average molecular weight is 374 g/mol. The number of aromatic amines is 1. The molecule has 0 aliphatic heterocycles. The van der Waals surface area contributed by atoms with Crippen molar-refractivity contribution in [2.75, 3.05) is 5.73 Å². The van der Waals surface area contributed by atoms with Crippen molar-refractivity contribution in [1.29, 1.82) is 0 Å². The molecule has 3 rings (SSSR count). The number of carbonyl (C=O) groups is 1. The fourth-order valence-electron chi connectivity index (χ4n) is 2.15. The van der Waals surface area contributed by atoms with Crippen molar-refractivity contribution in [3.05, 3.63) is 47.1 Å². The molecule has 0 saturated heterocycles. The van der Waals surface area contributed by atoms with Crippen LogP contribution in [-0.4, -0.2) is 21.0 Å². The molecule has 0 spiro atoms. The van der Waals surface area contributed by atoms with Gasteiger partial charge in [0, 0.05) is 22.3 Å². The van der Waals surface area contributed by atoms with Gasteiger partial charge < -0.3 is 21.2 Å². The molecule has 1 aromatic carbocycles. The number of carbonyl (C=O) groups excluding carboxylic acids is 1. The molecule has 23 heavy (non-hydrogen) atoms. The van der Waals surface area contributed by atoms with E-state index in [1.54, 1.807) is 18.3 Å². The summed E-state index contributed by atoms with van der Waals surface area (Å²) in [5, 5.41) is 0. The molecule has 0 unspecified atom stereocenters. The summed E-state index contributed by atoms with van der Waals surface area (Å²) in [5.41, 5.74) is 13.4. The predicted molar refractivity (Wildman–Crippen MR) is 89.6 cm³/mol. The first-order valence-electron chi connectivity index (χ1n) is 6.58. The second-order valence-corrected chi connectivity index (χ2v) is 5.48. The van der Waals surface area contributed by atoms with Crippen LogP contribution in [0, 0.1) is 0 Å². The van der Waals surface area contributed by atoms with Crippen LogP contribution in [0.15, 0.2) is 47.1 Å². The van der Waals surface area contributed by atoms with E-state index >= 15 is 0 Å². The van der Waals surface area contributed by atoms with E-state index in [1.807, 2.05) is 24.3 Å². The topological polar surface area (TPSA) is 120 Å². The molecule has 1 amide bonds. The highest BCUT2D eigenvalue weighted by Crippen LogP contribution is 2.37. The molecule has 2 heterocycles. The number of nitrogens with two attached hydrogens (primary N) is 2. The van der Waals surface area contributed by atoms with Gasteiger partial charge in [0.15, 0.2) is 5.75 Å². The second-order valence-electron chi connectivity index (χ2n) is 4.62. The molecule has 0 fully saturated rings. The van der Waals surface area contributed by atoms with Gasteiger partial charge in [-0.05, 0) is 12.1 Å². The van der Waals surface area contributed by atoms with Gasteiger partial charge in [-0.1, -0.05) is 34.1 Å². The highest BCUT2D eigenvalue weighted by atomic mass is 79.9. The van der Waals surface area contributed by atoms with Crippen LogP contribution >= 0.6 is 15.9 Å². The summed E-state index contributed by atoms with van der Waals surface area (Å²) in [5.74, 6) is 0.452. The van der Waals surface area contributed by atoms with Crippen molar-refractivity contribution in [3.8, 4) is 28.4 Å². The summed E-state index contributed by atoms with van der Waals surface area (Å²) in [6, 6.07) is 10.9. The highest BCUT2D eigenvalue weighted by molar-refractivity contribution is 9.10. The third kappa shape index (κ3) is 3.16. The quantitative estimate of drug-likeness (QED) is 0.651. The average Bonchev–Trinajstić information content (AvgIpc) is 2.91. The van der Waals surface area contributed by atoms with Crippen molar-refractivity contribution in [2.24, 2.45) is 5.73 Å². The molecule has 7 nitrogen and oxygen atoms in total. The van der Waals surface area contributed by atoms with Crippen molar-refractivity contribution in [3.63, 3.8) is 0 Å². The van der Waals surface area contributed by atoms with Gasteiger partial charge in [0.1, 0.15) is 0 Å². The lowest BCUT2D eigenvalue weighted by atomic mass is 10.1. The minimum Gasteiger partial charge on any atom is -0.408 e. The van der Waals surface area contributed by atoms with E-state index in [1.165, 1.54) is 0 Å². The normalized spacial score (nSPS) is 10.5. The Morgan fingerprint density at radius 3 is 2.74 bits per heavy atom. The standard InChI is InChI=1S/C15H12BrN5O2/c16-9-4-2-1-3-8(9)13-12(23-15(18)22)7-11(20-13)10-5-6-19-14(17)21-10/h1-7,20H,(H2,18,22)(H2,17,19,21). The SMILES string of the molecule is NC(=O)Oc1cc(-c2ccnc(N)n2)[nH]c1-c1ccccc1Br. The number of hydrogen-bond donors (Lipinski definition) is 3. The molecule has 0 saturated carbocycles. The van der Waals surface area contributed by atoms with Crippen LogP contribution < -0.4 is 16.2 Å². The Morgan fingerprint density at radius 2 is 2.04 bits per heavy atom. The number of primary amides is 1. The number of aromatic nitrogens is 3. The molecule has 3 aromatic rings. The van der Waals surface area contributed by atoms with E-state index in [0.29, 0.717) is 22.8 Å². The van der Waals surface area contributed by atoms with E-state index in [2.05, 4.69) is 30.9 Å². The van der Waals surface area contributed by atoms with E-state index in [0.717, 1.165) is 10.0 Å². The van der Waals surface area contributed by atoms with Crippen molar-refractivity contribution in [2.45, 2.75) is 0 Å². The minimum absolute atomic E-state index is 0.150. The summed E-state index contributed by atoms with van der Waals surface area (Å²) >= 11 is 3.47. The summed E-state index contributed by atoms with van der Waals surface area (Å²) in [4.78, 5) is 22.3. The van der Waals surface area contributed by atoms with Gasteiger partial charge in [-0.2, -0.15) is 0 Å². The van der Waals surface area contributed by atoms with Crippen molar-refractivity contribution in [1.82, 2.24) is 15.0 Å². The lowest BCUT2D eigenvalue weighted by Gasteiger charge is -2.05. The highest BCUT2D eigenvalue weighted by Gasteiger charge is 2.17. The molecule has 0 aliphatic rings. The summed E-state index contributed by atoms with van der Waals surface area (Å²) in [6.07, 6.45) is 0.650. The lowest BCUT2D eigenvalue weighted by Crippen LogP contribution is -2.16. The number of benzene rings is 1. The van der Waals surface area contributed by atoms with Gasteiger partial charge in [-0.25, -0.2) is 14.8 Å². The van der Waals surface area contributed by atoms with Crippen LogP contribution in [0.1, 0.15) is 0 Å². The Labute approximate surface area is 139 Å². The molecule has 5 N–H and O–H groups in total. The van der Waals surface area contributed by atoms with Crippen LogP contribution in [0.4, 0.5) is 10.7 Å². The van der Waals surface area contributed by atoms with E-state index in [9.17, 15) is 4.79 Å². The maximum Gasteiger partial charge on any atom is 0.410 e. The molecule has 2 aromatic heterocycles. The number of nitrogens with one attached hydrogen (secondary N) is 1. The van der Waals surface area contributed by atoms with Gasteiger partial charge in [0.05, 0.1) is 17.1 Å². The van der Waals surface area contributed by atoms with Crippen molar-refractivity contribution >= 4 is 28.0 Å². The minimum atomic E-state index is -0.897. The first kappa shape index (κ1) is 15.0.